The number of fused-ring (bicyclic) bond motifs is 1. The van der Waals surface area contributed by atoms with E-state index in [0.717, 1.165) is 24.0 Å². The molecule has 2 aromatic heterocycles. The van der Waals surface area contributed by atoms with E-state index >= 15 is 0 Å². The molecule has 2 atom stereocenters. The molecule has 1 aromatic carbocycles. The lowest BCUT2D eigenvalue weighted by Crippen LogP contribution is -2.36. The van der Waals surface area contributed by atoms with E-state index in [1.165, 1.54) is 11.0 Å². The number of H-pyrrole nitrogens is 1. The summed E-state index contributed by atoms with van der Waals surface area (Å²) in [6, 6.07) is 8.40. The van der Waals surface area contributed by atoms with Gasteiger partial charge in [0.05, 0.1) is 6.54 Å². The lowest BCUT2D eigenvalue weighted by Gasteiger charge is -2.39. The highest BCUT2D eigenvalue weighted by Gasteiger charge is 2.33. The van der Waals surface area contributed by atoms with Gasteiger partial charge in [-0.15, -0.1) is 0 Å². The van der Waals surface area contributed by atoms with Gasteiger partial charge >= 0.3 is 5.69 Å². The van der Waals surface area contributed by atoms with Crippen LogP contribution in [0, 0.1) is 18.3 Å². The zero-order valence-corrected chi connectivity index (χ0v) is 18.5. The molecule has 0 radical (unpaired) electrons. The molecule has 7 heteroatoms. The van der Waals surface area contributed by atoms with E-state index < -0.39 is 11.2 Å². The zero-order chi connectivity index (χ0) is 21.6. The number of aryl methyl sites for hydroxylation is 2. The minimum Gasteiger partial charge on any atom is -0.353 e. The number of anilines is 1. The molecule has 4 rings (SSSR count). The number of aromatic nitrogens is 4. The molecule has 0 amide bonds. The van der Waals surface area contributed by atoms with Gasteiger partial charge in [-0.25, -0.2) is 4.79 Å². The van der Waals surface area contributed by atoms with Crippen LogP contribution in [0.4, 0.5) is 5.95 Å². The molecule has 7 nitrogen and oxygen atoms in total. The normalized spacial score (nSPS) is 21.1. The van der Waals surface area contributed by atoms with Crippen LogP contribution >= 0.6 is 0 Å². The van der Waals surface area contributed by atoms with Crippen LogP contribution in [0.25, 0.3) is 11.2 Å². The van der Waals surface area contributed by atoms with E-state index in [-0.39, 0.29) is 11.5 Å². The van der Waals surface area contributed by atoms with Crippen molar-refractivity contribution in [2.45, 2.75) is 59.5 Å². The summed E-state index contributed by atoms with van der Waals surface area (Å²) in [5, 5.41) is 3.62. The molecule has 1 fully saturated rings. The Morgan fingerprint density at radius 2 is 1.97 bits per heavy atom. The van der Waals surface area contributed by atoms with Crippen LogP contribution < -0.4 is 16.6 Å². The summed E-state index contributed by atoms with van der Waals surface area (Å²) >= 11 is 0. The van der Waals surface area contributed by atoms with Crippen molar-refractivity contribution in [3.8, 4) is 0 Å². The third-order valence-corrected chi connectivity index (χ3v) is 6.32. The van der Waals surface area contributed by atoms with Gasteiger partial charge in [0.2, 0.25) is 5.95 Å². The average molecular weight is 410 g/mol. The number of nitrogens with zero attached hydrogens (tertiary/aromatic N) is 3. The van der Waals surface area contributed by atoms with Crippen LogP contribution in [0.1, 0.15) is 51.2 Å². The Labute approximate surface area is 176 Å². The van der Waals surface area contributed by atoms with Gasteiger partial charge in [0.1, 0.15) is 0 Å². The summed E-state index contributed by atoms with van der Waals surface area (Å²) in [6.07, 6.45) is 3.31. The standard InChI is InChI=1S/C23H31N5O2/c1-14-10-17(12-23(3,4)11-14)24-21-25-19-18(20(29)26-22(30)27(19)5)28(21)13-16-9-7-6-8-15(16)2/h6-9,14,17H,10-13H2,1-5H3,(H,24,25)(H,26,29,30)/t14-,17-/m1/s1. The van der Waals surface area contributed by atoms with E-state index in [9.17, 15) is 9.59 Å². The van der Waals surface area contributed by atoms with Crippen LogP contribution in [0.3, 0.4) is 0 Å². The Balaban J connectivity index is 1.83. The maximum atomic E-state index is 12.8. The summed E-state index contributed by atoms with van der Waals surface area (Å²) in [5.74, 6) is 1.27. The molecule has 1 aliphatic rings. The largest absolute Gasteiger partial charge is 0.353 e. The van der Waals surface area contributed by atoms with Gasteiger partial charge in [-0.2, -0.15) is 4.98 Å². The number of imidazole rings is 1. The van der Waals surface area contributed by atoms with Gasteiger partial charge in [0, 0.05) is 13.1 Å². The molecule has 0 unspecified atom stereocenters. The third kappa shape index (κ3) is 3.80. The maximum absolute atomic E-state index is 12.8. The second-order valence-electron chi connectivity index (χ2n) is 9.69. The van der Waals surface area contributed by atoms with E-state index in [1.54, 1.807) is 7.05 Å². The number of aromatic amines is 1. The Hall–Kier alpha value is -2.83. The lowest BCUT2D eigenvalue weighted by molar-refractivity contribution is 0.177. The summed E-state index contributed by atoms with van der Waals surface area (Å²) in [4.78, 5) is 32.0. The Morgan fingerprint density at radius 3 is 2.67 bits per heavy atom. The predicted molar refractivity (Wildman–Crippen MR) is 120 cm³/mol. The van der Waals surface area contributed by atoms with E-state index in [1.807, 2.05) is 16.7 Å². The fraction of sp³-hybridized carbons (Fsp3) is 0.522. The first-order valence-corrected chi connectivity index (χ1v) is 10.7. The molecule has 0 spiro atoms. The summed E-state index contributed by atoms with van der Waals surface area (Å²) in [6.45, 7) is 9.48. The minimum absolute atomic E-state index is 0.256. The first-order valence-electron chi connectivity index (χ1n) is 10.7. The van der Waals surface area contributed by atoms with Crippen molar-refractivity contribution >= 4 is 17.1 Å². The summed E-state index contributed by atoms with van der Waals surface area (Å²) in [7, 11) is 1.64. The van der Waals surface area contributed by atoms with Crippen molar-refractivity contribution in [1.29, 1.82) is 0 Å². The van der Waals surface area contributed by atoms with E-state index in [0.29, 0.717) is 29.6 Å². The summed E-state index contributed by atoms with van der Waals surface area (Å²) < 4.78 is 3.33. The Morgan fingerprint density at radius 1 is 1.23 bits per heavy atom. The van der Waals surface area contributed by atoms with Crippen LogP contribution in [-0.2, 0) is 13.6 Å². The van der Waals surface area contributed by atoms with Gasteiger partial charge in [0.25, 0.3) is 5.56 Å². The van der Waals surface area contributed by atoms with Crippen molar-refractivity contribution in [1.82, 2.24) is 19.1 Å². The molecule has 1 aliphatic carbocycles. The predicted octanol–water partition coefficient (Wildman–Crippen LogP) is 3.41. The van der Waals surface area contributed by atoms with Crippen LogP contribution in [0.2, 0.25) is 0 Å². The molecule has 2 N–H and O–H groups in total. The SMILES string of the molecule is Cc1ccccc1Cn1c(N[C@@H]2C[C@@H](C)CC(C)(C)C2)nc2c1c(=O)[nH]c(=O)n2C. The van der Waals surface area contributed by atoms with Crippen molar-refractivity contribution < 1.29 is 0 Å². The van der Waals surface area contributed by atoms with Gasteiger partial charge < -0.3 is 5.32 Å². The van der Waals surface area contributed by atoms with Gasteiger partial charge in [-0.3, -0.25) is 18.9 Å². The Bertz CT molecular complexity index is 1200. The molecule has 160 valence electrons. The first kappa shape index (κ1) is 20.4. The molecular formula is C23H31N5O2. The second kappa shape index (κ2) is 7.45. The quantitative estimate of drug-likeness (QED) is 0.692. The highest BCUT2D eigenvalue weighted by atomic mass is 16.2. The van der Waals surface area contributed by atoms with E-state index in [4.69, 9.17) is 4.98 Å². The zero-order valence-electron chi connectivity index (χ0n) is 18.5. The smallest absolute Gasteiger partial charge is 0.329 e. The average Bonchev–Trinajstić information content (AvgIpc) is 2.98. The molecule has 0 bridgehead atoms. The minimum atomic E-state index is -0.452. The molecule has 2 heterocycles. The molecular weight excluding hydrogens is 378 g/mol. The fourth-order valence-corrected chi connectivity index (χ4v) is 5.10. The van der Waals surface area contributed by atoms with Gasteiger partial charge in [0.15, 0.2) is 11.2 Å². The monoisotopic (exact) mass is 409 g/mol. The van der Waals surface area contributed by atoms with Crippen LogP contribution in [0.15, 0.2) is 33.9 Å². The third-order valence-electron chi connectivity index (χ3n) is 6.32. The Kier molecular flexibility index (Phi) is 5.08. The topological polar surface area (TPSA) is 84.7 Å². The van der Waals surface area contributed by atoms with Gasteiger partial charge in [-0.1, -0.05) is 45.0 Å². The number of benzene rings is 1. The fourth-order valence-electron chi connectivity index (χ4n) is 5.10. The number of rotatable bonds is 4. The van der Waals surface area contributed by atoms with Crippen molar-refractivity contribution in [2.75, 3.05) is 5.32 Å². The number of hydrogen-bond donors (Lipinski definition) is 2. The number of hydrogen-bond acceptors (Lipinski definition) is 4. The molecule has 30 heavy (non-hydrogen) atoms. The van der Waals surface area contributed by atoms with E-state index in [2.05, 4.69) is 50.1 Å². The summed E-state index contributed by atoms with van der Waals surface area (Å²) in [5.41, 5.74) is 2.50. The molecule has 0 saturated heterocycles. The number of nitrogens with one attached hydrogen (secondary N) is 2. The molecule has 1 saturated carbocycles. The highest BCUT2D eigenvalue weighted by molar-refractivity contribution is 5.74. The lowest BCUT2D eigenvalue weighted by atomic mass is 9.71. The van der Waals surface area contributed by atoms with Crippen LogP contribution in [0.5, 0.6) is 0 Å². The molecule has 0 aliphatic heterocycles. The highest BCUT2D eigenvalue weighted by Crippen LogP contribution is 2.39. The first-order chi connectivity index (χ1) is 14.1. The van der Waals surface area contributed by atoms with Crippen molar-refractivity contribution in [2.24, 2.45) is 18.4 Å². The maximum Gasteiger partial charge on any atom is 0.329 e. The second-order valence-corrected chi connectivity index (χ2v) is 9.69. The van der Waals surface area contributed by atoms with Crippen LogP contribution in [-0.4, -0.2) is 25.1 Å². The molecule has 3 aromatic rings. The van der Waals surface area contributed by atoms with Gasteiger partial charge in [-0.05, 0) is 48.6 Å². The van der Waals surface area contributed by atoms with Crippen molar-refractivity contribution in [3.63, 3.8) is 0 Å². The van der Waals surface area contributed by atoms with Crippen molar-refractivity contribution in [3.05, 3.63) is 56.2 Å².